The SMILES string of the molecule is CC(C(=O)Nc1ccc(Cl)cn1)n1cnc2c1c(=O)n(C)c(=O)n2C. The number of fused-ring (bicyclic) bond motifs is 1. The van der Waals surface area contributed by atoms with Gasteiger partial charge in [0.25, 0.3) is 5.56 Å². The molecule has 1 atom stereocenters. The minimum absolute atomic E-state index is 0.177. The first kappa shape index (κ1) is 16.9. The van der Waals surface area contributed by atoms with Crippen LogP contribution in [0.25, 0.3) is 11.2 Å². The molecule has 10 heteroatoms. The van der Waals surface area contributed by atoms with E-state index >= 15 is 0 Å². The summed E-state index contributed by atoms with van der Waals surface area (Å²) in [6, 6.07) is 2.43. The highest BCUT2D eigenvalue weighted by atomic mass is 35.5. The summed E-state index contributed by atoms with van der Waals surface area (Å²) in [5.74, 6) is -0.0454. The van der Waals surface area contributed by atoms with Crippen molar-refractivity contribution in [1.29, 1.82) is 0 Å². The molecule has 1 N–H and O–H groups in total. The molecule has 3 aromatic heterocycles. The van der Waals surface area contributed by atoms with Gasteiger partial charge in [-0.05, 0) is 19.1 Å². The highest BCUT2D eigenvalue weighted by Crippen LogP contribution is 2.16. The zero-order valence-corrected chi connectivity index (χ0v) is 14.5. The minimum atomic E-state index is -0.743. The summed E-state index contributed by atoms with van der Waals surface area (Å²) in [4.78, 5) is 45.0. The molecular weight excluding hydrogens is 348 g/mol. The predicted molar refractivity (Wildman–Crippen MR) is 92.8 cm³/mol. The lowest BCUT2D eigenvalue weighted by molar-refractivity contribution is -0.118. The molecule has 1 unspecified atom stereocenters. The number of halogens is 1. The van der Waals surface area contributed by atoms with Crippen LogP contribution in [0.3, 0.4) is 0 Å². The predicted octanol–water partition coefficient (Wildman–Crippen LogP) is 0.682. The summed E-state index contributed by atoms with van der Waals surface area (Å²) in [5.41, 5.74) is -0.598. The van der Waals surface area contributed by atoms with E-state index in [1.54, 1.807) is 19.1 Å². The molecule has 0 spiro atoms. The number of amides is 1. The zero-order chi connectivity index (χ0) is 18.3. The van der Waals surface area contributed by atoms with Gasteiger partial charge in [0, 0.05) is 20.3 Å². The lowest BCUT2D eigenvalue weighted by atomic mass is 10.3. The van der Waals surface area contributed by atoms with Gasteiger partial charge in [0.1, 0.15) is 11.9 Å². The Morgan fingerprint density at radius 2 is 1.92 bits per heavy atom. The average Bonchev–Trinajstić information content (AvgIpc) is 3.04. The van der Waals surface area contributed by atoms with E-state index < -0.39 is 17.3 Å². The lowest BCUT2D eigenvalue weighted by Gasteiger charge is -2.14. The summed E-state index contributed by atoms with van der Waals surface area (Å²) in [6.45, 7) is 1.62. The van der Waals surface area contributed by atoms with Gasteiger partial charge < -0.3 is 9.88 Å². The molecule has 0 bridgehead atoms. The summed E-state index contributed by atoms with van der Waals surface area (Å²) in [7, 11) is 2.90. The molecule has 0 radical (unpaired) electrons. The molecule has 3 aromatic rings. The topological polar surface area (TPSA) is 104 Å². The van der Waals surface area contributed by atoms with Crippen molar-refractivity contribution < 1.29 is 4.79 Å². The molecule has 3 rings (SSSR count). The van der Waals surface area contributed by atoms with E-state index in [0.717, 1.165) is 4.57 Å². The van der Waals surface area contributed by atoms with Crippen LogP contribution in [0.5, 0.6) is 0 Å². The van der Waals surface area contributed by atoms with Gasteiger partial charge in [-0.25, -0.2) is 14.8 Å². The number of nitrogens with one attached hydrogen (secondary N) is 1. The average molecular weight is 363 g/mol. The molecule has 0 fully saturated rings. The van der Waals surface area contributed by atoms with Crippen molar-refractivity contribution in [3.05, 3.63) is 50.5 Å². The van der Waals surface area contributed by atoms with Crippen molar-refractivity contribution in [2.24, 2.45) is 14.1 Å². The maximum atomic E-state index is 12.5. The van der Waals surface area contributed by atoms with Crippen molar-refractivity contribution in [3.8, 4) is 0 Å². The summed E-state index contributed by atoms with van der Waals surface area (Å²) >= 11 is 5.76. The molecule has 130 valence electrons. The molecule has 0 saturated heterocycles. The van der Waals surface area contributed by atoms with Crippen LogP contribution in [0.15, 0.2) is 34.2 Å². The highest BCUT2D eigenvalue weighted by molar-refractivity contribution is 6.30. The molecular formula is C15H15ClN6O3. The quantitative estimate of drug-likeness (QED) is 0.738. The monoisotopic (exact) mass is 362 g/mol. The molecule has 0 saturated carbocycles. The molecule has 1 amide bonds. The second kappa shape index (κ2) is 6.17. The second-order valence-corrected chi connectivity index (χ2v) is 5.99. The van der Waals surface area contributed by atoms with Crippen LogP contribution >= 0.6 is 11.6 Å². The van der Waals surface area contributed by atoms with E-state index in [2.05, 4.69) is 15.3 Å². The van der Waals surface area contributed by atoms with Crippen LogP contribution in [0.2, 0.25) is 5.02 Å². The summed E-state index contributed by atoms with van der Waals surface area (Å²) < 4.78 is 3.67. The second-order valence-electron chi connectivity index (χ2n) is 5.56. The van der Waals surface area contributed by atoms with Crippen LogP contribution in [0.1, 0.15) is 13.0 Å². The lowest BCUT2D eigenvalue weighted by Crippen LogP contribution is -2.38. The van der Waals surface area contributed by atoms with E-state index in [1.807, 2.05) is 0 Å². The van der Waals surface area contributed by atoms with Crippen LogP contribution < -0.4 is 16.6 Å². The zero-order valence-electron chi connectivity index (χ0n) is 13.7. The Balaban J connectivity index is 2.01. The van der Waals surface area contributed by atoms with Crippen LogP contribution in [-0.2, 0) is 18.9 Å². The van der Waals surface area contributed by atoms with Gasteiger partial charge in [0.15, 0.2) is 11.2 Å². The molecule has 0 aliphatic heterocycles. The van der Waals surface area contributed by atoms with E-state index in [-0.39, 0.29) is 17.1 Å². The van der Waals surface area contributed by atoms with Crippen molar-refractivity contribution in [1.82, 2.24) is 23.7 Å². The third-order valence-corrected chi connectivity index (χ3v) is 4.17. The number of hydrogen-bond acceptors (Lipinski definition) is 5. The van der Waals surface area contributed by atoms with Gasteiger partial charge in [-0.3, -0.25) is 18.7 Å². The highest BCUT2D eigenvalue weighted by Gasteiger charge is 2.22. The maximum absolute atomic E-state index is 12.5. The number of carbonyl (C=O) groups is 1. The Morgan fingerprint density at radius 1 is 1.20 bits per heavy atom. The van der Waals surface area contributed by atoms with E-state index in [9.17, 15) is 14.4 Å². The van der Waals surface area contributed by atoms with Gasteiger partial charge in [-0.2, -0.15) is 0 Å². The summed E-state index contributed by atoms with van der Waals surface area (Å²) in [5, 5.41) is 3.10. The standard InChI is InChI=1S/C15H15ClN6O3/c1-8(13(23)19-10-5-4-9(16)6-17-10)22-7-18-12-11(22)14(24)21(3)15(25)20(12)2/h4-8H,1-3H3,(H,17,19,23). The number of rotatable bonds is 3. The van der Waals surface area contributed by atoms with E-state index in [4.69, 9.17) is 11.6 Å². The number of nitrogens with zero attached hydrogens (tertiary/aromatic N) is 5. The van der Waals surface area contributed by atoms with Crippen molar-refractivity contribution in [2.75, 3.05) is 5.32 Å². The van der Waals surface area contributed by atoms with Crippen LogP contribution in [0.4, 0.5) is 5.82 Å². The van der Waals surface area contributed by atoms with Gasteiger partial charge in [0.05, 0.1) is 11.3 Å². The van der Waals surface area contributed by atoms with Crippen molar-refractivity contribution in [3.63, 3.8) is 0 Å². The molecule has 0 aromatic carbocycles. The third-order valence-electron chi connectivity index (χ3n) is 3.95. The largest absolute Gasteiger partial charge is 0.332 e. The molecule has 25 heavy (non-hydrogen) atoms. The number of anilines is 1. The Labute approximate surface area is 146 Å². The fourth-order valence-corrected chi connectivity index (χ4v) is 2.58. The number of imidazole rings is 1. The maximum Gasteiger partial charge on any atom is 0.332 e. The van der Waals surface area contributed by atoms with Gasteiger partial charge in [-0.1, -0.05) is 11.6 Å². The fraction of sp³-hybridized carbons (Fsp3) is 0.267. The Morgan fingerprint density at radius 3 is 2.56 bits per heavy atom. The van der Waals surface area contributed by atoms with Gasteiger partial charge in [0.2, 0.25) is 5.91 Å². The minimum Gasteiger partial charge on any atom is -0.312 e. The van der Waals surface area contributed by atoms with Crippen LogP contribution in [0, 0.1) is 0 Å². The molecule has 3 heterocycles. The normalized spacial score (nSPS) is 12.3. The first-order valence-corrected chi connectivity index (χ1v) is 7.74. The Hall–Kier alpha value is -2.94. The van der Waals surface area contributed by atoms with E-state index in [0.29, 0.717) is 10.8 Å². The number of pyridine rings is 1. The fourth-order valence-electron chi connectivity index (χ4n) is 2.46. The Bertz CT molecular complexity index is 1080. The number of aryl methyl sites for hydroxylation is 1. The smallest absolute Gasteiger partial charge is 0.312 e. The van der Waals surface area contributed by atoms with Gasteiger partial charge in [-0.15, -0.1) is 0 Å². The number of hydrogen-bond donors (Lipinski definition) is 1. The number of aromatic nitrogens is 5. The summed E-state index contributed by atoms with van der Waals surface area (Å²) in [6.07, 6.45) is 2.78. The first-order chi connectivity index (χ1) is 11.8. The van der Waals surface area contributed by atoms with Crippen LogP contribution in [-0.4, -0.2) is 29.6 Å². The van der Waals surface area contributed by atoms with Crippen molar-refractivity contribution >= 4 is 34.5 Å². The van der Waals surface area contributed by atoms with Crippen molar-refractivity contribution in [2.45, 2.75) is 13.0 Å². The molecule has 9 nitrogen and oxygen atoms in total. The molecule has 0 aliphatic carbocycles. The first-order valence-electron chi connectivity index (χ1n) is 7.36. The molecule has 0 aliphatic rings. The van der Waals surface area contributed by atoms with E-state index in [1.165, 1.54) is 35.8 Å². The third kappa shape index (κ3) is 2.82. The van der Waals surface area contributed by atoms with Gasteiger partial charge >= 0.3 is 5.69 Å². The Kier molecular flexibility index (Phi) is 4.17. The number of carbonyl (C=O) groups excluding carboxylic acids is 1.